The molecule has 3 aromatic rings. The molecule has 0 spiro atoms. The van der Waals surface area contributed by atoms with Crippen molar-refractivity contribution in [2.45, 2.75) is 57.4 Å². The quantitative estimate of drug-likeness (QED) is 0.476. The molecule has 3 aliphatic rings. The van der Waals surface area contributed by atoms with E-state index in [2.05, 4.69) is 65.4 Å². The Bertz CT molecular complexity index is 1230. The van der Waals surface area contributed by atoms with Crippen molar-refractivity contribution in [3.63, 3.8) is 0 Å². The molecule has 3 unspecified atom stereocenters. The van der Waals surface area contributed by atoms with Gasteiger partial charge < -0.3 is 5.32 Å². The largest absolute Gasteiger partial charge is 0.352 e. The molecule has 3 atom stereocenters. The summed E-state index contributed by atoms with van der Waals surface area (Å²) < 4.78 is 0. The third-order valence-corrected chi connectivity index (χ3v) is 9.17. The van der Waals surface area contributed by atoms with E-state index in [-0.39, 0.29) is 11.3 Å². The lowest BCUT2D eigenvalue weighted by molar-refractivity contribution is 0.0284. The van der Waals surface area contributed by atoms with Crippen LogP contribution in [0.2, 0.25) is 0 Å². The van der Waals surface area contributed by atoms with Crippen molar-refractivity contribution in [2.75, 3.05) is 19.6 Å². The lowest BCUT2D eigenvalue weighted by atomic mass is 9.59. The maximum atomic E-state index is 13.1. The van der Waals surface area contributed by atoms with Crippen molar-refractivity contribution in [3.05, 3.63) is 89.2 Å². The van der Waals surface area contributed by atoms with Gasteiger partial charge in [-0.3, -0.25) is 14.7 Å². The standard InChI is InChI=1S/C32H37N3O/c1-22-30-19-25-10-11-26(18-29(25)32(22,2)15-17-35(30)21-23-8-9-23)31(36)33-16-14-28-13-12-27(20-34-28)24-6-4-3-5-7-24/h3-7,10-13,18,20,22-23,30H,8-9,14-17,19,21H2,1-2H3,(H,33,36). The molecule has 2 aromatic carbocycles. The number of benzene rings is 2. The molecule has 4 heteroatoms. The fraction of sp³-hybridized carbons (Fsp3) is 0.438. The minimum absolute atomic E-state index is 0.0169. The second kappa shape index (κ2) is 9.48. The summed E-state index contributed by atoms with van der Waals surface area (Å²) in [5.74, 6) is 1.56. The molecule has 4 nitrogen and oxygen atoms in total. The minimum Gasteiger partial charge on any atom is -0.352 e. The van der Waals surface area contributed by atoms with E-state index in [4.69, 9.17) is 0 Å². The Morgan fingerprint density at radius 1 is 1.08 bits per heavy atom. The van der Waals surface area contributed by atoms with E-state index in [0.717, 1.165) is 35.6 Å². The van der Waals surface area contributed by atoms with Gasteiger partial charge in [0.25, 0.3) is 5.91 Å². The van der Waals surface area contributed by atoms with Crippen LogP contribution in [-0.4, -0.2) is 41.5 Å². The van der Waals surface area contributed by atoms with Crippen LogP contribution < -0.4 is 5.32 Å². The SMILES string of the molecule is CC1C2Cc3ccc(C(=O)NCCc4ccc(-c5ccccc5)cn4)cc3C1(C)CCN2CC1CC1. The highest BCUT2D eigenvalue weighted by atomic mass is 16.1. The zero-order valence-electron chi connectivity index (χ0n) is 21.5. The molecular weight excluding hydrogens is 442 g/mol. The summed E-state index contributed by atoms with van der Waals surface area (Å²) in [5.41, 5.74) is 7.06. The van der Waals surface area contributed by atoms with E-state index in [9.17, 15) is 4.79 Å². The van der Waals surface area contributed by atoms with Gasteiger partial charge in [0.2, 0.25) is 0 Å². The highest BCUT2D eigenvalue weighted by Crippen LogP contribution is 2.49. The molecule has 1 saturated carbocycles. The second-order valence-electron chi connectivity index (χ2n) is 11.4. The first kappa shape index (κ1) is 23.4. The van der Waals surface area contributed by atoms with Gasteiger partial charge >= 0.3 is 0 Å². The highest BCUT2D eigenvalue weighted by molar-refractivity contribution is 5.94. The number of carbonyl (C=O) groups is 1. The second-order valence-corrected chi connectivity index (χ2v) is 11.4. The molecule has 186 valence electrons. The summed E-state index contributed by atoms with van der Waals surface area (Å²) in [6.45, 7) is 7.93. The van der Waals surface area contributed by atoms with Crippen LogP contribution in [0.25, 0.3) is 11.1 Å². The molecule has 1 saturated heterocycles. The first-order chi connectivity index (χ1) is 17.5. The third-order valence-electron chi connectivity index (χ3n) is 9.17. The Kier molecular flexibility index (Phi) is 6.17. The summed E-state index contributed by atoms with van der Waals surface area (Å²) >= 11 is 0. The Hall–Kier alpha value is -2.98. The van der Waals surface area contributed by atoms with Gasteiger partial charge in [0.15, 0.2) is 0 Å². The molecule has 2 aliphatic carbocycles. The average molecular weight is 480 g/mol. The van der Waals surface area contributed by atoms with Crippen LogP contribution in [0.1, 0.15) is 60.3 Å². The molecule has 36 heavy (non-hydrogen) atoms. The number of carbonyl (C=O) groups excluding carboxylic acids is 1. The fourth-order valence-electron chi connectivity index (χ4n) is 6.49. The fourth-order valence-corrected chi connectivity index (χ4v) is 6.49. The summed E-state index contributed by atoms with van der Waals surface area (Å²) in [6, 6.07) is 21.5. The van der Waals surface area contributed by atoms with E-state index in [1.165, 1.54) is 49.0 Å². The van der Waals surface area contributed by atoms with Gasteiger partial charge in [-0.05, 0) is 84.4 Å². The van der Waals surface area contributed by atoms with Crippen molar-refractivity contribution >= 4 is 5.91 Å². The smallest absolute Gasteiger partial charge is 0.251 e. The molecule has 0 radical (unpaired) electrons. The van der Waals surface area contributed by atoms with Gasteiger partial charge in [-0.25, -0.2) is 0 Å². The summed E-state index contributed by atoms with van der Waals surface area (Å²) in [5, 5.41) is 3.13. The Labute approximate surface area is 215 Å². The number of nitrogens with one attached hydrogen (secondary N) is 1. The van der Waals surface area contributed by atoms with Crippen LogP contribution >= 0.6 is 0 Å². The van der Waals surface area contributed by atoms with Gasteiger partial charge in [-0.15, -0.1) is 0 Å². The van der Waals surface area contributed by atoms with Gasteiger partial charge in [-0.1, -0.05) is 56.3 Å². The molecule has 1 aliphatic heterocycles. The van der Waals surface area contributed by atoms with Crippen molar-refractivity contribution in [2.24, 2.45) is 11.8 Å². The minimum atomic E-state index is 0.0169. The predicted molar refractivity (Wildman–Crippen MR) is 145 cm³/mol. The third kappa shape index (κ3) is 4.48. The van der Waals surface area contributed by atoms with E-state index in [1.54, 1.807) is 0 Å². The number of likely N-dealkylation sites (tertiary alicyclic amines) is 1. The molecule has 1 aromatic heterocycles. The molecule has 2 bridgehead atoms. The number of piperidine rings is 1. The van der Waals surface area contributed by atoms with Crippen LogP contribution in [0.15, 0.2) is 66.9 Å². The van der Waals surface area contributed by atoms with Crippen molar-refractivity contribution in [1.29, 1.82) is 0 Å². The first-order valence-corrected chi connectivity index (χ1v) is 13.7. The zero-order chi connectivity index (χ0) is 24.7. The zero-order valence-corrected chi connectivity index (χ0v) is 21.5. The highest BCUT2D eigenvalue weighted by Gasteiger charge is 2.49. The van der Waals surface area contributed by atoms with Crippen molar-refractivity contribution < 1.29 is 4.79 Å². The number of nitrogens with zero attached hydrogens (tertiary/aromatic N) is 2. The van der Waals surface area contributed by atoms with E-state index in [0.29, 0.717) is 18.5 Å². The molecule has 2 heterocycles. The Morgan fingerprint density at radius 2 is 1.92 bits per heavy atom. The number of rotatable bonds is 7. The molecule has 1 amide bonds. The number of amides is 1. The van der Waals surface area contributed by atoms with Gasteiger partial charge in [-0.2, -0.15) is 0 Å². The predicted octanol–water partition coefficient (Wildman–Crippen LogP) is 5.66. The number of hydrogen-bond donors (Lipinski definition) is 1. The number of fused-ring (bicyclic) bond motifs is 4. The molecule has 2 fully saturated rings. The summed E-state index contributed by atoms with van der Waals surface area (Å²) in [4.78, 5) is 20.4. The monoisotopic (exact) mass is 479 g/mol. The van der Waals surface area contributed by atoms with Crippen LogP contribution in [0.5, 0.6) is 0 Å². The topological polar surface area (TPSA) is 45.2 Å². The Morgan fingerprint density at radius 3 is 2.67 bits per heavy atom. The van der Waals surface area contributed by atoms with Crippen LogP contribution in [-0.2, 0) is 18.3 Å². The normalized spacial score (nSPS) is 25.3. The molecule has 6 rings (SSSR count). The summed E-state index contributed by atoms with van der Waals surface area (Å²) in [7, 11) is 0. The lowest BCUT2D eigenvalue weighted by Gasteiger charge is -2.55. The van der Waals surface area contributed by atoms with E-state index < -0.39 is 0 Å². The number of aromatic nitrogens is 1. The molecular formula is C32H37N3O. The maximum Gasteiger partial charge on any atom is 0.251 e. The summed E-state index contributed by atoms with van der Waals surface area (Å²) in [6.07, 6.45) is 7.77. The Balaban J connectivity index is 1.10. The van der Waals surface area contributed by atoms with Crippen molar-refractivity contribution in [3.8, 4) is 11.1 Å². The van der Waals surface area contributed by atoms with Crippen LogP contribution in [0.4, 0.5) is 0 Å². The molecule has 1 N–H and O–H groups in total. The average Bonchev–Trinajstić information content (AvgIpc) is 3.73. The maximum absolute atomic E-state index is 13.1. The number of hydrogen-bond acceptors (Lipinski definition) is 3. The van der Waals surface area contributed by atoms with Crippen molar-refractivity contribution in [1.82, 2.24) is 15.2 Å². The first-order valence-electron chi connectivity index (χ1n) is 13.7. The van der Waals surface area contributed by atoms with Crippen LogP contribution in [0.3, 0.4) is 0 Å². The lowest BCUT2D eigenvalue weighted by Crippen LogP contribution is -2.58. The van der Waals surface area contributed by atoms with Crippen LogP contribution in [0, 0.1) is 11.8 Å². The van der Waals surface area contributed by atoms with E-state index >= 15 is 0 Å². The number of pyridine rings is 1. The van der Waals surface area contributed by atoms with Gasteiger partial charge in [0, 0.05) is 48.6 Å². The van der Waals surface area contributed by atoms with Gasteiger partial charge in [0.05, 0.1) is 0 Å². The van der Waals surface area contributed by atoms with E-state index in [1.807, 2.05) is 30.5 Å². The van der Waals surface area contributed by atoms with Gasteiger partial charge in [0.1, 0.15) is 0 Å².